The molecule has 3 rings (SSSR count). The fourth-order valence-corrected chi connectivity index (χ4v) is 3.54. The number of anilines is 1. The first kappa shape index (κ1) is 23.3. The van der Waals surface area contributed by atoms with Gasteiger partial charge in [-0.3, -0.25) is 4.79 Å². The predicted molar refractivity (Wildman–Crippen MR) is 117 cm³/mol. The number of nitrogens with zero attached hydrogens (tertiary/aromatic N) is 2. The number of carbonyl (C=O) groups excluding carboxylic acids is 1. The molecule has 6 heteroatoms. The second kappa shape index (κ2) is 9.98. The monoisotopic (exact) mass is 409 g/mol. The number of hydrogen-bond acceptors (Lipinski definition) is 3. The van der Waals surface area contributed by atoms with Gasteiger partial charge in [-0.25, -0.2) is 0 Å². The van der Waals surface area contributed by atoms with Crippen LogP contribution in [0.25, 0.3) is 0 Å². The van der Waals surface area contributed by atoms with Crippen LogP contribution in [0.15, 0.2) is 54.6 Å². The highest BCUT2D eigenvalue weighted by Crippen LogP contribution is 2.27. The van der Waals surface area contributed by atoms with Crippen molar-refractivity contribution in [3.05, 3.63) is 65.7 Å². The molecule has 0 bridgehead atoms. The van der Waals surface area contributed by atoms with Crippen molar-refractivity contribution in [3.63, 3.8) is 0 Å². The molecule has 0 spiro atoms. The molecule has 1 aliphatic heterocycles. The zero-order chi connectivity index (χ0) is 17.9. The standard InChI is InChI=1S/C21H27N3O.2ClH/c1-21(22,18-11-4-3-5-12-18)20(25)23(2)16-17-10-6-7-13-19(17)24-14-8-9-15-24;;/h3-7,10-13H,8-9,14-16,22H2,1-2H3;2*1H. The summed E-state index contributed by atoms with van der Waals surface area (Å²) in [5.41, 5.74) is 8.60. The van der Waals surface area contributed by atoms with Gasteiger partial charge in [0.25, 0.3) is 0 Å². The third-order valence-corrected chi connectivity index (χ3v) is 5.01. The highest BCUT2D eigenvalue weighted by atomic mass is 35.5. The lowest BCUT2D eigenvalue weighted by Crippen LogP contribution is -2.49. The molecular weight excluding hydrogens is 381 g/mol. The second-order valence-electron chi connectivity index (χ2n) is 7.05. The van der Waals surface area contributed by atoms with Crippen LogP contribution >= 0.6 is 24.8 Å². The maximum Gasteiger partial charge on any atom is 0.247 e. The second-order valence-corrected chi connectivity index (χ2v) is 7.05. The van der Waals surface area contributed by atoms with Gasteiger partial charge in [0, 0.05) is 32.4 Å². The third-order valence-electron chi connectivity index (χ3n) is 5.01. The van der Waals surface area contributed by atoms with Crippen molar-refractivity contribution in [1.82, 2.24) is 4.90 Å². The molecule has 1 aliphatic rings. The number of benzene rings is 2. The molecule has 1 unspecified atom stereocenters. The number of hydrogen-bond donors (Lipinski definition) is 1. The Morgan fingerprint density at radius 3 is 2.22 bits per heavy atom. The first-order chi connectivity index (χ1) is 12.0. The highest BCUT2D eigenvalue weighted by molar-refractivity contribution is 5.87. The summed E-state index contributed by atoms with van der Waals surface area (Å²) in [6, 6.07) is 17.9. The van der Waals surface area contributed by atoms with E-state index in [1.165, 1.54) is 24.1 Å². The Balaban J connectivity index is 0.00000182. The lowest BCUT2D eigenvalue weighted by atomic mass is 9.91. The summed E-state index contributed by atoms with van der Waals surface area (Å²) in [6.07, 6.45) is 2.47. The molecule has 4 nitrogen and oxygen atoms in total. The van der Waals surface area contributed by atoms with Crippen molar-refractivity contribution in [1.29, 1.82) is 0 Å². The quantitative estimate of drug-likeness (QED) is 0.812. The van der Waals surface area contributed by atoms with E-state index in [-0.39, 0.29) is 30.7 Å². The number of amides is 1. The largest absolute Gasteiger partial charge is 0.371 e. The molecule has 2 aromatic carbocycles. The van der Waals surface area contributed by atoms with Crippen molar-refractivity contribution in [2.45, 2.75) is 31.8 Å². The van der Waals surface area contributed by atoms with Gasteiger partial charge in [0.1, 0.15) is 5.54 Å². The molecule has 0 aliphatic carbocycles. The highest BCUT2D eigenvalue weighted by Gasteiger charge is 2.33. The van der Waals surface area contributed by atoms with Gasteiger partial charge in [0.2, 0.25) is 5.91 Å². The van der Waals surface area contributed by atoms with Crippen LogP contribution in [0.3, 0.4) is 0 Å². The average molecular weight is 410 g/mol. The van der Waals surface area contributed by atoms with Gasteiger partial charge in [-0.05, 0) is 37.0 Å². The number of carbonyl (C=O) groups is 1. The number of para-hydroxylation sites is 1. The molecule has 148 valence electrons. The van der Waals surface area contributed by atoms with Crippen molar-refractivity contribution in [3.8, 4) is 0 Å². The summed E-state index contributed by atoms with van der Waals surface area (Å²) in [5.74, 6) is -0.0741. The molecule has 1 amide bonds. The van der Waals surface area contributed by atoms with Crippen LogP contribution in [0.2, 0.25) is 0 Å². The Morgan fingerprint density at radius 1 is 1.04 bits per heavy atom. The van der Waals surface area contributed by atoms with Gasteiger partial charge >= 0.3 is 0 Å². The van der Waals surface area contributed by atoms with E-state index in [0.29, 0.717) is 6.54 Å². The Labute approximate surface area is 174 Å². The minimum Gasteiger partial charge on any atom is -0.371 e. The lowest BCUT2D eigenvalue weighted by Gasteiger charge is -2.31. The van der Waals surface area contributed by atoms with Gasteiger partial charge in [0.05, 0.1) is 0 Å². The van der Waals surface area contributed by atoms with Gasteiger partial charge in [-0.1, -0.05) is 48.5 Å². The summed E-state index contributed by atoms with van der Waals surface area (Å²) >= 11 is 0. The van der Waals surface area contributed by atoms with E-state index in [1.807, 2.05) is 43.4 Å². The molecule has 1 fully saturated rings. The molecule has 1 atom stereocenters. The van der Waals surface area contributed by atoms with E-state index in [4.69, 9.17) is 5.73 Å². The molecular formula is C21H29Cl2N3O. The average Bonchev–Trinajstić information content (AvgIpc) is 3.16. The number of nitrogens with two attached hydrogens (primary N) is 1. The van der Waals surface area contributed by atoms with E-state index in [2.05, 4.69) is 23.1 Å². The van der Waals surface area contributed by atoms with E-state index in [0.717, 1.165) is 18.7 Å². The number of halogens is 2. The number of likely N-dealkylation sites (N-methyl/N-ethyl adjacent to an activating group) is 1. The van der Waals surface area contributed by atoms with Crippen LogP contribution in [0, 0.1) is 0 Å². The van der Waals surface area contributed by atoms with E-state index in [9.17, 15) is 4.79 Å². The molecule has 2 N–H and O–H groups in total. The number of rotatable bonds is 5. The van der Waals surface area contributed by atoms with Gasteiger partial charge in [-0.15, -0.1) is 24.8 Å². The molecule has 1 saturated heterocycles. The van der Waals surface area contributed by atoms with Crippen LogP contribution in [-0.2, 0) is 16.9 Å². The summed E-state index contributed by atoms with van der Waals surface area (Å²) < 4.78 is 0. The molecule has 0 saturated carbocycles. The minimum absolute atomic E-state index is 0. The van der Waals surface area contributed by atoms with Crippen LogP contribution in [-0.4, -0.2) is 30.9 Å². The van der Waals surface area contributed by atoms with Crippen LogP contribution < -0.4 is 10.6 Å². The topological polar surface area (TPSA) is 49.6 Å². The molecule has 2 aromatic rings. The molecule has 1 heterocycles. The summed E-state index contributed by atoms with van der Waals surface area (Å²) in [6.45, 7) is 4.53. The van der Waals surface area contributed by atoms with Gasteiger partial charge < -0.3 is 15.5 Å². The van der Waals surface area contributed by atoms with Crippen molar-refractivity contribution < 1.29 is 4.79 Å². The maximum absolute atomic E-state index is 13.0. The van der Waals surface area contributed by atoms with Crippen molar-refractivity contribution >= 4 is 36.4 Å². The maximum atomic E-state index is 13.0. The first-order valence-corrected chi connectivity index (χ1v) is 8.93. The van der Waals surface area contributed by atoms with Crippen LogP contribution in [0.5, 0.6) is 0 Å². The van der Waals surface area contributed by atoms with Crippen LogP contribution in [0.4, 0.5) is 5.69 Å². The fraction of sp³-hybridized carbons (Fsp3) is 0.381. The fourth-order valence-electron chi connectivity index (χ4n) is 3.54. The summed E-state index contributed by atoms with van der Waals surface area (Å²) in [7, 11) is 1.83. The summed E-state index contributed by atoms with van der Waals surface area (Å²) in [5, 5.41) is 0. The Morgan fingerprint density at radius 2 is 1.59 bits per heavy atom. The van der Waals surface area contributed by atoms with E-state index >= 15 is 0 Å². The summed E-state index contributed by atoms with van der Waals surface area (Å²) in [4.78, 5) is 17.1. The van der Waals surface area contributed by atoms with E-state index in [1.54, 1.807) is 11.8 Å². The van der Waals surface area contributed by atoms with Crippen molar-refractivity contribution in [2.75, 3.05) is 25.0 Å². The van der Waals surface area contributed by atoms with E-state index < -0.39 is 5.54 Å². The molecule has 0 radical (unpaired) electrons. The van der Waals surface area contributed by atoms with Gasteiger partial charge in [0.15, 0.2) is 0 Å². The smallest absolute Gasteiger partial charge is 0.247 e. The Bertz CT molecular complexity index is 731. The molecule has 0 aromatic heterocycles. The lowest BCUT2D eigenvalue weighted by molar-refractivity contribution is -0.136. The Kier molecular flexibility index (Phi) is 8.60. The first-order valence-electron chi connectivity index (χ1n) is 8.93. The predicted octanol–water partition coefficient (Wildman–Crippen LogP) is 3.96. The van der Waals surface area contributed by atoms with Crippen LogP contribution in [0.1, 0.15) is 30.9 Å². The SMILES string of the molecule is CN(Cc1ccccc1N1CCCC1)C(=O)C(C)(N)c1ccccc1.Cl.Cl. The Hall–Kier alpha value is -1.75. The third kappa shape index (κ3) is 5.16. The zero-order valence-corrected chi connectivity index (χ0v) is 17.6. The zero-order valence-electron chi connectivity index (χ0n) is 15.9. The minimum atomic E-state index is -1.03. The van der Waals surface area contributed by atoms with Gasteiger partial charge in [-0.2, -0.15) is 0 Å². The molecule has 27 heavy (non-hydrogen) atoms. The van der Waals surface area contributed by atoms with Crippen molar-refractivity contribution in [2.24, 2.45) is 5.73 Å². The normalized spacial score (nSPS) is 15.3.